The smallest absolute Gasteiger partial charge is 0.186 e. The first-order valence-electron chi connectivity index (χ1n) is 17.6. The van der Waals surface area contributed by atoms with E-state index in [9.17, 15) is 24.9 Å². The number of aliphatic hydroxyl groups is 3. The van der Waals surface area contributed by atoms with Gasteiger partial charge in [-0.1, -0.05) is 177 Å². The summed E-state index contributed by atoms with van der Waals surface area (Å²) in [7, 11) is 0. The molecule has 0 aliphatic carbocycles. The molecule has 0 aromatic rings. The molecule has 2 atom stereocenters. The van der Waals surface area contributed by atoms with Crippen molar-refractivity contribution in [3.63, 3.8) is 0 Å². The van der Waals surface area contributed by atoms with E-state index in [1.54, 1.807) is 24.3 Å². The Labute approximate surface area is 269 Å². The van der Waals surface area contributed by atoms with Crippen LogP contribution in [0.4, 0.5) is 0 Å². The van der Waals surface area contributed by atoms with Gasteiger partial charge in [0, 0.05) is 0 Å². The predicted octanol–water partition coefficient (Wildman–Crippen LogP) is 9.39. The number of ketones is 2. The molecular formula is C39H64O5. The van der Waals surface area contributed by atoms with E-state index in [1.807, 2.05) is 12.2 Å². The highest BCUT2D eigenvalue weighted by Crippen LogP contribution is 2.12. The molecule has 2 unspecified atom stereocenters. The number of rotatable bonds is 30. The van der Waals surface area contributed by atoms with Crippen LogP contribution in [0.3, 0.4) is 0 Å². The van der Waals surface area contributed by atoms with Crippen molar-refractivity contribution in [1.29, 1.82) is 0 Å². The summed E-state index contributed by atoms with van der Waals surface area (Å²) in [4.78, 5) is 24.3. The zero-order valence-electron chi connectivity index (χ0n) is 28.0. The molecule has 5 nitrogen and oxygen atoms in total. The van der Waals surface area contributed by atoms with Gasteiger partial charge in [-0.3, -0.25) is 9.59 Å². The zero-order valence-corrected chi connectivity index (χ0v) is 28.0. The van der Waals surface area contributed by atoms with Crippen LogP contribution < -0.4 is 0 Å². The van der Waals surface area contributed by atoms with Gasteiger partial charge < -0.3 is 15.3 Å². The number of carbonyl (C=O) groups excluding carboxylic acids is 2. The third-order valence-electron chi connectivity index (χ3n) is 7.64. The molecule has 0 aromatic carbocycles. The van der Waals surface area contributed by atoms with E-state index >= 15 is 0 Å². The Bertz CT molecular complexity index is 794. The van der Waals surface area contributed by atoms with Gasteiger partial charge in [0.05, 0.1) is 0 Å². The summed E-state index contributed by atoms with van der Waals surface area (Å²) in [5.74, 6) is -1.57. The monoisotopic (exact) mass is 612 g/mol. The summed E-state index contributed by atoms with van der Waals surface area (Å²) in [6.07, 6.45) is 39.9. The summed E-state index contributed by atoms with van der Waals surface area (Å²) in [6.45, 7) is 4.48. The predicted molar refractivity (Wildman–Crippen MR) is 187 cm³/mol. The van der Waals surface area contributed by atoms with E-state index in [1.165, 1.54) is 128 Å². The van der Waals surface area contributed by atoms with Crippen LogP contribution in [-0.2, 0) is 9.59 Å². The number of aliphatic hydroxyl groups excluding tert-OH is 3. The Morgan fingerprint density at radius 3 is 1.07 bits per heavy atom. The average molecular weight is 613 g/mol. The topological polar surface area (TPSA) is 94.8 Å². The van der Waals surface area contributed by atoms with Crippen LogP contribution in [0, 0.1) is 0 Å². The molecule has 5 heteroatoms. The minimum atomic E-state index is -1.91. The van der Waals surface area contributed by atoms with Crippen molar-refractivity contribution in [1.82, 2.24) is 0 Å². The van der Waals surface area contributed by atoms with Crippen molar-refractivity contribution in [3.8, 4) is 0 Å². The highest BCUT2D eigenvalue weighted by molar-refractivity contribution is 5.97. The Hall–Kier alpha value is -2.34. The first kappa shape index (κ1) is 41.7. The molecule has 0 saturated carbocycles. The standard InChI is InChI=1S/C39H64O5/c1-3-5-7-9-11-13-15-17-19-21-23-25-27-29-31-33-35(40)37(42)39(44)38(43)36(41)34-32-30-28-26-24-22-20-18-16-14-12-10-8-6-4-2/h23-34,37-39,42-44H,3-22H2,1-2H3. The van der Waals surface area contributed by atoms with Crippen LogP contribution in [0.25, 0.3) is 0 Å². The number of carbonyl (C=O) groups is 2. The quantitative estimate of drug-likeness (QED) is 0.0427. The minimum absolute atomic E-state index is 0.784. The highest BCUT2D eigenvalue weighted by Gasteiger charge is 2.32. The summed E-state index contributed by atoms with van der Waals surface area (Å²) in [5.41, 5.74) is 0. The molecule has 0 heterocycles. The largest absolute Gasteiger partial charge is 0.387 e. The highest BCUT2D eigenvalue weighted by atomic mass is 16.4. The van der Waals surface area contributed by atoms with Gasteiger partial charge in [-0.2, -0.15) is 0 Å². The second-order valence-corrected chi connectivity index (χ2v) is 11.8. The summed E-state index contributed by atoms with van der Waals surface area (Å²) >= 11 is 0. The van der Waals surface area contributed by atoms with Crippen LogP contribution in [-0.4, -0.2) is 45.2 Å². The van der Waals surface area contributed by atoms with Gasteiger partial charge in [0.1, 0.15) is 18.3 Å². The van der Waals surface area contributed by atoms with Crippen molar-refractivity contribution >= 4 is 11.6 Å². The van der Waals surface area contributed by atoms with Crippen LogP contribution in [0.2, 0.25) is 0 Å². The van der Waals surface area contributed by atoms with E-state index in [2.05, 4.69) is 26.0 Å². The van der Waals surface area contributed by atoms with Crippen LogP contribution >= 0.6 is 0 Å². The Morgan fingerprint density at radius 2 is 0.727 bits per heavy atom. The molecule has 0 aliphatic rings. The molecule has 3 N–H and O–H groups in total. The SMILES string of the molecule is CCCCCCCCCCCC=CC=CC=CC(=O)C(O)C(O)C(O)C(=O)C=CC=CC=CCCCCCCCCCCC. The molecule has 0 fully saturated rings. The number of unbranched alkanes of at least 4 members (excludes halogenated alkanes) is 18. The second-order valence-electron chi connectivity index (χ2n) is 11.8. The molecule has 0 aliphatic heterocycles. The third-order valence-corrected chi connectivity index (χ3v) is 7.64. The molecule has 0 spiro atoms. The lowest BCUT2D eigenvalue weighted by Gasteiger charge is -2.19. The molecule has 0 aromatic heterocycles. The van der Waals surface area contributed by atoms with E-state index in [0.717, 1.165) is 25.0 Å². The Morgan fingerprint density at radius 1 is 0.432 bits per heavy atom. The lowest BCUT2D eigenvalue weighted by Crippen LogP contribution is -2.45. The van der Waals surface area contributed by atoms with E-state index in [0.29, 0.717) is 0 Å². The van der Waals surface area contributed by atoms with Crippen molar-refractivity contribution in [3.05, 3.63) is 72.9 Å². The fourth-order valence-corrected chi connectivity index (χ4v) is 4.76. The fourth-order valence-electron chi connectivity index (χ4n) is 4.76. The third kappa shape index (κ3) is 26.1. The van der Waals surface area contributed by atoms with Crippen molar-refractivity contribution < 1.29 is 24.9 Å². The van der Waals surface area contributed by atoms with Gasteiger partial charge in [0.15, 0.2) is 11.6 Å². The maximum Gasteiger partial charge on any atom is 0.186 e. The normalized spacial score (nSPS) is 14.8. The Balaban J connectivity index is 4.10. The Kier molecular flexibility index (Phi) is 30.4. The molecule has 0 amide bonds. The number of hydrogen-bond acceptors (Lipinski definition) is 5. The zero-order chi connectivity index (χ0) is 32.5. The van der Waals surface area contributed by atoms with Gasteiger partial charge >= 0.3 is 0 Å². The minimum Gasteiger partial charge on any atom is -0.387 e. The van der Waals surface area contributed by atoms with E-state index < -0.39 is 29.9 Å². The molecule has 0 rings (SSSR count). The molecule has 0 saturated heterocycles. The second kappa shape index (κ2) is 32.1. The first-order chi connectivity index (χ1) is 21.5. The van der Waals surface area contributed by atoms with Gasteiger partial charge in [0.2, 0.25) is 0 Å². The lowest BCUT2D eigenvalue weighted by atomic mass is 10.0. The van der Waals surface area contributed by atoms with E-state index in [-0.39, 0.29) is 0 Å². The molecule has 0 bridgehead atoms. The first-order valence-corrected chi connectivity index (χ1v) is 17.6. The van der Waals surface area contributed by atoms with Crippen molar-refractivity contribution in [2.75, 3.05) is 0 Å². The summed E-state index contributed by atoms with van der Waals surface area (Å²) in [5, 5.41) is 30.3. The maximum absolute atomic E-state index is 12.1. The molecule has 0 radical (unpaired) electrons. The average Bonchev–Trinajstić information content (AvgIpc) is 3.03. The maximum atomic E-state index is 12.1. The molecular weight excluding hydrogens is 548 g/mol. The number of allylic oxidation sites excluding steroid dienone is 10. The summed E-state index contributed by atoms with van der Waals surface area (Å²) in [6, 6.07) is 0. The van der Waals surface area contributed by atoms with Crippen molar-refractivity contribution in [2.45, 2.75) is 161 Å². The number of hydrogen-bond donors (Lipinski definition) is 3. The van der Waals surface area contributed by atoms with Gasteiger partial charge in [0.25, 0.3) is 0 Å². The van der Waals surface area contributed by atoms with E-state index in [4.69, 9.17) is 0 Å². The lowest BCUT2D eigenvalue weighted by molar-refractivity contribution is -0.141. The molecule has 250 valence electrons. The summed E-state index contributed by atoms with van der Waals surface area (Å²) < 4.78 is 0. The van der Waals surface area contributed by atoms with Gasteiger partial charge in [-0.05, 0) is 37.8 Å². The van der Waals surface area contributed by atoms with Gasteiger partial charge in [-0.15, -0.1) is 0 Å². The fraction of sp³-hybridized carbons (Fsp3) is 0.641. The van der Waals surface area contributed by atoms with Gasteiger partial charge in [-0.25, -0.2) is 0 Å². The van der Waals surface area contributed by atoms with Crippen LogP contribution in [0.5, 0.6) is 0 Å². The van der Waals surface area contributed by atoms with Crippen LogP contribution in [0.1, 0.15) is 142 Å². The van der Waals surface area contributed by atoms with Crippen molar-refractivity contribution in [2.24, 2.45) is 0 Å². The molecule has 44 heavy (non-hydrogen) atoms. The van der Waals surface area contributed by atoms with Crippen LogP contribution in [0.15, 0.2) is 72.9 Å².